The van der Waals surface area contributed by atoms with Crippen LogP contribution in [0.15, 0.2) is 15.9 Å². The molecule has 1 rings (SSSR count). The molecule has 20 heavy (non-hydrogen) atoms. The molecule has 2 N–H and O–H groups in total. The highest BCUT2D eigenvalue weighted by molar-refractivity contribution is 9.11. The van der Waals surface area contributed by atoms with Crippen molar-refractivity contribution >= 4 is 27.3 Å². The second kappa shape index (κ2) is 9.93. The van der Waals surface area contributed by atoms with Crippen molar-refractivity contribution in [3.63, 3.8) is 0 Å². The first-order chi connectivity index (χ1) is 9.58. The van der Waals surface area contributed by atoms with Crippen LogP contribution in [0.1, 0.15) is 70.3 Å². The third kappa shape index (κ3) is 6.25. The van der Waals surface area contributed by atoms with Crippen molar-refractivity contribution in [1.29, 1.82) is 0 Å². The zero-order valence-electron chi connectivity index (χ0n) is 12.9. The summed E-state index contributed by atoms with van der Waals surface area (Å²) in [5.41, 5.74) is 6.25. The summed E-state index contributed by atoms with van der Waals surface area (Å²) in [5, 5.41) is 0. The lowest BCUT2D eigenvalue weighted by atomic mass is 10.1. The molecular weight excluding hydrogens is 334 g/mol. The number of nitrogens with two attached hydrogens (primary N) is 1. The van der Waals surface area contributed by atoms with Gasteiger partial charge in [-0.2, -0.15) is 0 Å². The predicted octanol–water partition coefficient (Wildman–Crippen LogP) is 5.66. The fourth-order valence-electron chi connectivity index (χ4n) is 2.25. The molecule has 0 saturated carbocycles. The van der Waals surface area contributed by atoms with Crippen LogP contribution in [0.4, 0.5) is 0 Å². The first-order valence-electron chi connectivity index (χ1n) is 7.74. The lowest BCUT2D eigenvalue weighted by Gasteiger charge is -2.26. The first kappa shape index (κ1) is 18.1. The van der Waals surface area contributed by atoms with Gasteiger partial charge in [0, 0.05) is 10.9 Å². The molecule has 0 aliphatic heterocycles. The van der Waals surface area contributed by atoms with E-state index in [-0.39, 0.29) is 18.2 Å². The van der Waals surface area contributed by atoms with Crippen molar-refractivity contribution in [3.05, 3.63) is 20.8 Å². The van der Waals surface area contributed by atoms with E-state index in [2.05, 4.69) is 48.8 Å². The average Bonchev–Trinajstić information content (AvgIpc) is 2.86. The van der Waals surface area contributed by atoms with Crippen LogP contribution in [0.2, 0.25) is 0 Å². The van der Waals surface area contributed by atoms with Crippen LogP contribution in [-0.4, -0.2) is 12.1 Å². The van der Waals surface area contributed by atoms with Crippen LogP contribution >= 0.6 is 27.3 Å². The summed E-state index contributed by atoms with van der Waals surface area (Å²) in [7, 11) is 0. The zero-order valence-corrected chi connectivity index (χ0v) is 15.3. The summed E-state index contributed by atoms with van der Waals surface area (Å²) in [6, 6.07) is 4.27. The molecule has 0 bridgehead atoms. The van der Waals surface area contributed by atoms with E-state index in [4.69, 9.17) is 10.5 Å². The molecule has 0 radical (unpaired) electrons. The Morgan fingerprint density at radius 2 is 2.00 bits per heavy atom. The van der Waals surface area contributed by atoms with Crippen molar-refractivity contribution in [2.24, 2.45) is 5.73 Å². The number of hydrogen-bond donors (Lipinski definition) is 1. The topological polar surface area (TPSA) is 35.2 Å². The Labute approximate surface area is 136 Å². The summed E-state index contributed by atoms with van der Waals surface area (Å²) in [4.78, 5) is 1.23. The number of hydrogen-bond acceptors (Lipinski definition) is 3. The van der Waals surface area contributed by atoms with E-state index in [1.807, 2.05) is 0 Å². The molecule has 2 nitrogen and oxygen atoms in total. The standard InChI is InChI=1S/C16H28BrNOS/c1-4-6-7-8-9-12(3)19-16(13(18)5-2)14-10-11-15(17)20-14/h10-13,16H,4-9,18H2,1-3H3. The lowest BCUT2D eigenvalue weighted by molar-refractivity contribution is -0.0210. The largest absolute Gasteiger partial charge is 0.368 e. The van der Waals surface area contributed by atoms with Crippen LogP contribution < -0.4 is 5.73 Å². The number of rotatable bonds is 10. The Hall–Kier alpha value is 0.1000. The minimum absolute atomic E-state index is 0.0254. The van der Waals surface area contributed by atoms with Gasteiger partial charge in [0.2, 0.25) is 0 Å². The molecule has 0 spiro atoms. The van der Waals surface area contributed by atoms with Crippen LogP contribution in [0.5, 0.6) is 0 Å². The quantitative estimate of drug-likeness (QED) is 0.545. The van der Waals surface area contributed by atoms with E-state index in [1.54, 1.807) is 11.3 Å². The Morgan fingerprint density at radius 1 is 1.25 bits per heavy atom. The van der Waals surface area contributed by atoms with E-state index in [0.717, 1.165) is 16.6 Å². The van der Waals surface area contributed by atoms with Crippen LogP contribution in [0.3, 0.4) is 0 Å². The van der Waals surface area contributed by atoms with Gasteiger partial charge in [0.15, 0.2) is 0 Å². The predicted molar refractivity (Wildman–Crippen MR) is 92.3 cm³/mol. The van der Waals surface area contributed by atoms with Crippen molar-refractivity contribution in [2.75, 3.05) is 0 Å². The molecule has 0 fully saturated rings. The summed E-state index contributed by atoms with van der Waals surface area (Å²) < 4.78 is 7.39. The number of unbranched alkanes of at least 4 members (excludes halogenated alkanes) is 3. The monoisotopic (exact) mass is 361 g/mol. The van der Waals surface area contributed by atoms with Crippen molar-refractivity contribution in [1.82, 2.24) is 0 Å². The van der Waals surface area contributed by atoms with Crippen LogP contribution in [0.25, 0.3) is 0 Å². The highest BCUT2D eigenvalue weighted by Crippen LogP contribution is 2.33. The van der Waals surface area contributed by atoms with E-state index in [1.165, 1.54) is 30.6 Å². The van der Waals surface area contributed by atoms with Crippen LogP contribution in [0, 0.1) is 0 Å². The van der Waals surface area contributed by atoms with Gasteiger partial charge < -0.3 is 10.5 Å². The molecule has 1 aromatic heterocycles. The summed E-state index contributed by atoms with van der Waals surface area (Å²) in [5.74, 6) is 0. The molecule has 0 aliphatic rings. The van der Waals surface area contributed by atoms with E-state index in [0.29, 0.717) is 0 Å². The molecule has 0 aliphatic carbocycles. The molecule has 3 unspecified atom stereocenters. The highest BCUT2D eigenvalue weighted by Gasteiger charge is 2.23. The van der Waals surface area contributed by atoms with Gasteiger partial charge in [-0.1, -0.05) is 39.5 Å². The summed E-state index contributed by atoms with van der Waals surface area (Å²) in [6.07, 6.45) is 7.51. The van der Waals surface area contributed by atoms with Gasteiger partial charge in [-0.25, -0.2) is 0 Å². The first-order valence-corrected chi connectivity index (χ1v) is 9.35. The maximum absolute atomic E-state index is 6.25. The second-order valence-electron chi connectivity index (χ2n) is 5.43. The maximum Gasteiger partial charge on any atom is 0.107 e. The van der Waals surface area contributed by atoms with Gasteiger partial charge in [0.25, 0.3) is 0 Å². The van der Waals surface area contributed by atoms with E-state index < -0.39 is 0 Å². The van der Waals surface area contributed by atoms with Crippen molar-refractivity contribution in [3.8, 4) is 0 Å². The minimum Gasteiger partial charge on any atom is -0.368 e. The minimum atomic E-state index is 0.0254. The van der Waals surface area contributed by atoms with E-state index >= 15 is 0 Å². The Morgan fingerprint density at radius 3 is 2.55 bits per heavy atom. The average molecular weight is 362 g/mol. The smallest absolute Gasteiger partial charge is 0.107 e. The van der Waals surface area contributed by atoms with Crippen molar-refractivity contribution < 1.29 is 4.74 Å². The van der Waals surface area contributed by atoms with Gasteiger partial charge >= 0.3 is 0 Å². The summed E-state index contributed by atoms with van der Waals surface area (Å²) >= 11 is 5.24. The van der Waals surface area contributed by atoms with E-state index in [9.17, 15) is 0 Å². The fourth-order valence-corrected chi connectivity index (χ4v) is 3.79. The van der Waals surface area contributed by atoms with Gasteiger partial charge in [-0.15, -0.1) is 11.3 Å². The molecular formula is C16H28BrNOS. The molecule has 116 valence electrons. The van der Waals surface area contributed by atoms with Gasteiger partial charge in [-0.3, -0.25) is 0 Å². The number of halogens is 1. The molecule has 0 aromatic carbocycles. The second-order valence-corrected chi connectivity index (χ2v) is 7.93. The highest BCUT2D eigenvalue weighted by atomic mass is 79.9. The molecule has 0 saturated heterocycles. The van der Waals surface area contributed by atoms with Crippen LogP contribution in [-0.2, 0) is 4.74 Å². The lowest BCUT2D eigenvalue weighted by Crippen LogP contribution is -2.31. The number of ether oxygens (including phenoxy) is 1. The Kier molecular flexibility index (Phi) is 9.01. The third-order valence-electron chi connectivity index (χ3n) is 3.58. The van der Waals surface area contributed by atoms with Gasteiger partial charge in [0.05, 0.1) is 9.89 Å². The molecule has 3 atom stereocenters. The Bertz CT molecular complexity index is 369. The van der Waals surface area contributed by atoms with Gasteiger partial charge in [0.1, 0.15) is 6.10 Å². The molecule has 1 heterocycles. The SMILES string of the molecule is CCCCCCC(C)OC(c1ccc(Br)s1)C(N)CC. The van der Waals surface area contributed by atoms with Crippen molar-refractivity contribution in [2.45, 2.75) is 77.5 Å². The molecule has 1 aromatic rings. The Balaban J connectivity index is 2.52. The normalized spacial score (nSPS) is 16.1. The molecule has 0 amide bonds. The number of thiophene rings is 1. The molecule has 4 heteroatoms. The maximum atomic E-state index is 6.25. The van der Waals surface area contributed by atoms with Gasteiger partial charge in [-0.05, 0) is 47.8 Å². The summed E-state index contributed by atoms with van der Waals surface area (Å²) in [6.45, 7) is 6.53. The fraction of sp³-hybridized carbons (Fsp3) is 0.750. The zero-order chi connectivity index (χ0) is 15.0. The third-order valence-corrected chi connectivity index (χ3v) is 5.26.